The first kappa shape index (κ1) is 21.2. The first-order chi connectivity index (χ1) is 13.7. The number of methoxy groups -OCH3 is 4. The fourth-order valence-electron chi connectivity index (χ4n) is 2.87. The summed E-state index contributed by atoms with van der Waals surface area (Å²) in [6.07, 6.45) is 0.819. The highest BCUT2D eigenvalue weighted by atomic mass is 16.5. The Balaban J connectivity index is 1.99. The van der Waals surface area contributed by atoms with Crippen molar-refractivity contribution in [3.63, 3.8) is 0 Å². The van der Waals surface area contributed by atoms with Gasteiger partial charge in [0.2, 0.25) is 0 Å². The second-order valence-electron chi connectivity index (χ2n) is 5.92. The number of hydrogen-bond donors (Lipinski definition) is 2. The normalized spacial score (nSPS) is 11.0. The van der Waals surface area contributed by atoms with Crippen LogP contribution >= 0.6 is 0 Å². The Morgan fingerprint density at radius 3 is 2.07 bits per heavy atom. The van der Waals surface area contributed by atoms with Crippen molar-refractivity contribution in [2.24, 2.45) is 4.99 Å². The Morgan fingerprint density at radius 2 is 1.50 bits per heavy atom. The average molecular weight is 387 g/mol. The van der Waals surface area contributed by atoms with Gasteiger partial charge in [0.15, 0.2) is 5.96 Å². The highest BCUT2D eigenvalue weighted by Crippen LogP contribution is 2.33. The molecule has 0 heterocycles. The summed E-state index contributed by atoms with van der Waals surface area (Å²) in [5, 5.41) is 6.61. The Morgan fingerprint density at radius 1 is 0.857 bits per heavy atom. The molecule has 2 rings (SSSR count). The smallest absolute Gasteiger partial charge is 0.191 e. The van der Waals surface area contributed by atoms with Gasteiger partial charge in [0.25, 0.3) is 0 Å². The maximum absolute atomic E-state index is 5.49. The molecule has 0 radical (unpaired) electrons. The van der Waals surface area contributed by atoms with Crippen LogP contribution in [0.25, 0.3) is 0 Å². The lowest BCUT2D eigenvalue weighted by atomic mass is 10.1. The summed E-state index contributed by atoms with van der Waals surface area (Å²) in [6.45, 7) is 1.21. The molecule has 0 spiro atoms. The molecular weight excluding hydrogens is 358 g/mol. The number of nitrogens with zero attached hydrogens (tertiary/aromatic N) is 1. The van der Waals surface area contributed by atoms with Crippen LogP contribution in [0, 0.1) is 0 Å². The third-order valence-corrected chi connectivity index (χ3v) is 4.35. The number of nitrogens with one attached hydrogen (secondary N) is 2. The lowest BCUT2D eigenvalue weighted by molar-refractivity contribution is 0.368. The third-order valence-electron chi connectivity index (χ3n) is 4.35. The molecule has 2 aromatic rings. The van der Waals surface area contributed by atoms with Crippen molar-refractivity contribution in [2.45, 2.75) is 13.0 Å². The molecular formula is C21H29N3O4. The zero-order chi connectivity index (χ0) is 20.4. The van der Waals surface area contributed by atoms with Crippen LogP contribution in [0.2, 0.25) is 0 Å². The minimum Gasteiger partial charge on any atom is -0.496 e. The minimum absolute atomic E-state index is 0.491. The van der Waals surface area contributed by atoms with Crippen LogP contribution in [0.1, 0.15) is 11.1 Å². The number of guanidine groups is 1. The molecule has 7 heteroatoms. The summed E-state index contributed by atoms with van der Waals surface area (Å²) in [7, 11) is 8.28. The molecule has 2 aromatic carbocycles. The number of ether oxygens (including phenoxy) is 4. The van der Waals surface area contributed by atoms with Crippen LogP contribution in [-0.2, 0) is 13.0 Å². The Bertz CT molecular complexity index is 768. The van der Waals surface area contributed by atoms with Crippen molar-refractivity contribution in [1.29, 1.82) is 0 Å². The predicted molar refractivity (Wildman–Crippen MR) is 111 cm³/mol. The fourth-order valence-corrected chi connectivity index (χ4v) is 2.87. The van der Waals surface area contributed by atoms with Gasteiger partial charge in [-0.3, -0.25) is 4.99 Å². The average Bonchev–Trinajstić information content (AvgIpc) is 2.75. The summed E-state index contributed by atoms with van der Waals surface area (Å²) in [6, 6.07) is 11.7. The highest BCUT2D eigenvalue weighted by molar-refractivity contribution is 5.79. The second kappa shape index (κ2) is 10.9. The number of aliphatic imine (C=N–C) groups is 1. The molecule has 7 nitrogen and oxygen atoms in total. The quantitative estimate of drug-likeness (QED) is 0.509. The molecule has 0 amide bonds. The first-order valence-electron chi connectivity index (χ1n) is 9.02. The van der Waals surface area contributed by atoms with Crippen LogP contribution in [0.3, 0.4) is 0 Å². The zero-order valence-electron chi connectivity index (χ0n) is 17.2. The molecule has 28 heavy (non-hydrogen) atoms. The monoisotopic (exact) mass is 387 g/mol. The highest BCUT2D eigenvalue weighted by Gasteiger charge is 2.13. The van der Waals surface area contributed by atoms with Gasteiger partial charge >= 0.3 is 0 Å². The minimum atomic E-state index is 0.491. The molecule has 0 aromatic heterocycles. The van der Waals surface area contributed by atoms with E-state index in [1.807, 2.05) is 30.3 Å². The van der Waals surface area contributed by atoms with Crippen LogP contribution < -0.4 is 29.6 Å². The van der Waals surface area contributed by atoms with E-state index in [4.69, 9.17) is 18.9 Å². The summed E-state index contributed by atoms with van der Waals surface area (Å²) < 4.78 is 21.7. The molecule has 0 aliphatic rings. The Labute approximate surface area is 166 Å². The van der Waals surface area contributed by atoms with Crippen molar-refractivity contribution < 1.29 is 18.9 Å². The maximum atomic E-state index is 5.49. The van der Waals surface area contributed by atoms with Crippen molar-refractivity contribution in [3.05, 3.63) is 47.5 Å². The van der Waals surface area contributed by atoms with E-state index in [0.717, 1.165) is 29.8 Å². The van der Waals surface area contributed by atoms with E-state index < -0.39 is 0 Å². The van der Waals surface area contributed by atoms with Gasteiger partial charge in [0.1, 0.15) is 23.0 Å². The number of para-hydroxylation sites is 1. The van der Waals surface area contributed by atoms with Gasteiger partial charge in [-0.1, -0.05) is 18.2 Å². The molecule has 152 valence electrons. The van der Waals surface area contributed by atoms with E-state index in [0.29, 0.717) is 29.8 Å². The van der Waals surface area contributed by atoms with Crippen molar-refractivity contribution in [3.8, 4) is 23.0 Å². The van der Waals surface area contributed by atoms with E-state index >= 15 is 0 Å². The van der Waals surface area contributed by atoms with E-state index in [-0.39, 0.29) is 0 Å². The summed E-state index contributed by atoms with van der Waals surface area (Å²) in [5.74, 6) is 3.63. The molecule has 0 saturated heterocycles. The summed E-state index contributed by atoms with van der Waals surface area (Å²) in [4.78, 5) is 4.28. The SMILES string of the molecule is CN=C(NCCc1ccccc1OC)NCc1c(OC)cc(OC)cc1OC. The van der Waals surface area contributed by atoms with Crippen molar-refractivity contribution in [2.75, 3.05) is 42.0 Å². The number of benzene rings is 2. The number of rotatable bonds is 9. The van der Waals surface area contributed by atoms with Gasteiger partial charge in [-0.2, -0.15) is 0 Å². The summed E-state index contributed by atoms with van der Waals surface area (Å²) >= 11 is 0. The van der Waals surface area contributed by atoms with Crippen LogP contribution in [0.5, 0.6) is 23.0 Å². The van der Waals surface area contributed by atoms with Gasteiger partial charge in [-0.05, 0) is 18.1 Å². The molecule has 0 atom stereocenters. The standard InChI is InChI=1S/C21H29N3O4/c1-22-21(23-11-10-15-8-6-7-9-18(15)26-3)24-14-17-19(27-4)12-16(25-2)13-20(17)28-5/h6-9,12-13H,10-11,14H2,1-5H3,(H2,22,23,24). The lowest BCUT2D eigenvalue weighted by Crippen LogP contribution is -2.38. The molecule has 0 bridgehead atoms. The second-order valence-corrected chi connectivity index (χ2v) is 5.92. The largest absolute Gasteiger partial charge is 0.496 e. The van der Waals surface area contributed by atoms with Gasteiger partial charge in [-0.25, -0.2) is 0 Å². The maximum Gasteiger partial charge on any atom is 0.191 e. The molecule has 0 fully saturated rings. The molecule has 0 unspecified atom stereocenters. The van der Waals surface area contributed by atoms with E-state index in [2.05, 4.69) is 21.7 Å². The van der Waals surface area contributed by atoms with Crippen LogP contribution in [0.15, 0.2) is 41.4 Å². The van der Waals surface area contributed by atoms with E-state index in [1.54, 1.807) is 35.5 Å². The van der Waals surface area contributed by atoms with Gasteiger partial charge in [0, 0.05) is 25.7 Å². The molecule has 2 N–H and O–H groups in total. The van der Waals surface area contributed by atoms with Crippen molar-refractivity contribution in [1.82, 2.24) is 10.6 Å². The van der Waals surface area contributed by atoms with Crippen LogP contribution in [0.4, 0.5) is 0 Å². The van der Waals surface area contributed by atoms with Gasteiger partial charge in [-0.15, -0.1) is 0 Å². The zero-order valence-corrected chi connectivity index (χ0v) is 17.2. The van der Waals surface area contributed by atoms with E-state index in [1.165, 1.54) is 0 Å². The molecule has 0 saturated carbocycles. The van der Waals surface area contributed by atoms with Crippen LogP contribution in [-0.4, -0.2) is 48.0 Å². The van der Waals surface area contributed by atoms with E-state index in [9.17, 15) is 0 Å². The predicted octanol–water partition coefficient (Wildman–Crippen LogP) is 2.63. The molecule has 0 aliphatic carbocycles. The first-order valence-corrected chi connectivity index (χ1v) is 9.02. The fraction of sp³-hybridized carbons (Fsp3) is 0.381. The van der Waals surface area contributed by atoms with Gasteiger partial charge < -0.3 is 29.6 Å². The summed E-state index contributed by atoms with van der Waals surface area (Å²) in [5.41, 5.74) is 2.03. The lowest BCUT2D eigenvalue weighted by Gasteiger charge is -2.17. The molecule has 0 aliphatic heterocycles. The topological polar surface area (TPSA) is 73.3 Å². The van der Waals surface area contributed by atoms with Crippen molar-refractivity contribution >= 4 is 5.96 Å². The Kier molecular flexibility index (Phi) is 8.27. The Hall–Kier alpha value is -3.09. The number of hydrogen-bond acceptors (Lipinski definition) is 5. The van der Waals surface area contributed by atoms with Gasteiger partial charge in [0.05, 0.1) is 40.5 Å². The third kappa shape index (κ3) is 5.45.